The van der Waals surface area contributed by atoms with Gasteiger partial charge in [-0.1, -0.05) is 24.0 Å². The largest absolute Gasteiger partial charge is 0.383 e. The molecule has 1 saturated heterocycles. The molecule has 2 heterocycles. The number of hydrogen-bond donors (Lipinski definition) is 3. The summed E-state index contributed by atoms with van der Waals surface area (Å²) < 4.78 is 4.98. The van der Waals surface area contributed by atoms with Gasteiger partial charge in [-0.25, -0.2) is 9.97 Å². The van der Waals surface area contributed by atoms with E-state index < -0.39 is 11.5 Å². The Labute approximate surface area is 180 Å². The maximum Gasteiger partial charge on any atom is 0.269 e. The minimum atomic E-state index is -1.43. The molecule has 0 unspecified atom stereocenters. The zero-order chi connectivity index (χ0) is 22.4. The van der Waals surface area contributed by atoms with Crippen molar-refractivity contribution in [1.29, 1.82) is 0 Å². The van der Waals surface area contributed by atoms with Gasteiger partial charge >= 0.3 is 0 Å². The summed E-state index contributed by atoms with van der Waals surface area (Å²) in [7, 11) is 3.24. The number of likely N-dealkylation sites (N-methyl/N-ethyl adjacent to an activating group) is 1. The van der Waals surface area contributed by atoms with Crippen LogP contribution in [-0.2, 0) is 9.53 Å². The molecular formula is C22H25N5O4. The average molecular weight is 423 g/mol. The van der Waals surface area contributed by atoms with Crippen molar-refractivity contribution in [2.75, 3.05) is 39.2 Å². The van der Waals surface area contributed by atoms with Crippen molar-refractivity contribution in [3.63, 3.8) is 0 Å². The second kappa shape index (κ2) is 9.55. The number of nitrogens with zero attached hydrogens (tertiary/aromatic N) is 3. The molecule has 0 aliphatic carbocycles. The van der Waals surface area contributed by atoms with E-state index in [1.807, 2.05) is 0 Å². The topological polar surface area (TPSA) is 131 Å². The van der Waals surface area contributed by atoms with Gasteiger partial charge in [-0.15, -0.1) is 0 Å². The molecule has 1 aromatic carbocycles. The van der Waals surface area contributed by atoms with Gasteiger partial charge in [0.05, 0.1) is 18.5 Å². The molecule has 1 aliphatic rings. The molecule has 1 aliphatic heterocycles. The van der Waals surface area contributed by atoms with Crippen molar-refractivity contribution in [3.8, 4) is 23.2 Å². The third-order valence-electron chi connectivity index (χ3n) is 4.98. The van der Waals surface area contributed by atoms with E-state index in [2.05, 4.69) is 27.1 Å². The van der Waals surface area contributed by atoms with E-state index in [0.717, 1.165) is 0 Å². The van der Waals surface area contributed by atoms with Gasteiger partial charge in [-0.05, 0) is 12.1 Å². The van der Waals surface area contributed by atoms with Gasteiger partial charge in [-0.2, -0.15) is 0 Å². The summed E-state index contributed by atoms with van der Waals surface area (Å²) in [6.07, 6.45) is 1.93. The fourth-order valence-corrected chi connectivity index (χ4v) is 3.23. The Balaban J connectivity index is 1.79. The highest BCUT2D eigenvalue weighted by molar-refractivity contribution is 5.96. The number of primary amides is 1. The number of aliphatic hydroxyl groups is 1. The minimum Gasteiger partial charge on any atom is -0.383 e. The highest BCUT2D eigenvalue weighted by Gasteiger charge is 2.42. The van der Waals surface area contributed by atoms with Crippen LogP contribution in [0.1, 0.15) is 28.9 Å². The molecule has 9 heteroatoms. The van der Waals surface area contributed by atoms with Crippen molar-refractivity contribution in [2.24, 2.45) is 5.73 Å². The molecule has 2 amide bonds. The maximum absolute atomic E-state index is 12.0. The van der Waals surface area contributed by atoms with Crippen LogP contribution in [0, 0.1) is 11.8 Å². The molecule has 0 bridgehead atoms. The third-order valence-corrected chi connectivity index (χ3v) is 4.98. The Hall–Kier alpha value is -3.48. The summed E-state index contributed by atoms with van der Waals surface area (Å²) >= 11 is 0. The molecule has 9 nitrogen and oxygen atoms in total. The van der Waals surface area contributed by atoms with Crippen LogP contribution in [0.25, 0.3) is 11.4 Å². The lowest BCUT2D eigenvalue weighted by Gasteiger charge is -2.17. The first-order chi connectivity index (χ1) is 14.8. The van der Waals surface area contributed by atoms with Crippen LogP contribution in [0.15, 0.2) is 30.5 Å². The van der Waals surface area contributed by atoms with E-state index in [-0.39, 0.29) is 18.0 Å². The number of methoxy groups -OCH3 is 1. The van der Waals surface area contributed by atoms with Gasteiger partial charge in [0.1, 0.15) is 0 Å². The number of carbonyl (C=O) groups excluding carboxylic acids is 2. The van der Waals surface area contributed by atoms with Crippen LogP contribution >= 0.6 is 0 Å². The van der Waals surface area contributed by atoms with Gasteiger partial charge in [0.15, 0.2) is 17.1 Å². The van der Waals surface area contributed by atoms with Crippen LogP contribution in [0.4, 0.5) is 5.69 Å². The first kappa shape index (κ1) is 22.2. The van der Waals surface area contributed by atoms with E-state index in [0.29, 0.717) is 48.8 Å². The predicted octanol–water partition coefficient (Wildman–Crippen LogP) is 0.636. The Morgan fingerprint density at radius 3 is 2.94 bits per heavy atom. The number of benzene rings is 1. The number of aromatic nitrogens is 2. The lowest BCUT2D eigenvalue weighted by Crippen LogP contribution is -2.38. The molecule has 0 saturated carbocycles. The van der Waals surface area contributed by atoms with E-state index >= 15 is 0 Å². The zero-order valence-corrected chi connectivity index (χ0v) is 17.5. The monoisotopic (exact) mass is 423 g/mol. The van der Waals surface area contributed by atoms with Crippen molar-refractivity contribution >= 4 is 17.5 Å². The summed E-state index contributed by atoms with van der Waals surface area (Å²) in [5.41, 5.74) is 5.90. The fourth-order valence-electron chi connectivity index (χ4n) is 3.23. The number of ether oxygens (including phenoxy) is 1. The summed E-state index contributed by atoms with van der Waals surface area (Å²) in [4.78, 5) is 34.0. The van der Waals surface area contributed by atoms with Crippen LogP contribution < -0.4 is 11.1 Å². The summed E-state index contributed by atoms with van der Waals surface area (Å²) in [5.74, 6) is 5.23. The molecule has 0 radical (unpaired) electrons. The highest BCUT2D eigenvalue weighted by atomic mass is 16.5. The Kier molecular flexibility index (Phi) is 6.84. The fraction of sp³-hybridized carbons (Fsp3) is 0.364. The van der Waals surface area contributed by atoms with Crippen molar-refractivity contribution in [2.45, 2.75) is 18.4 Å². The Morgan fingerprint density at radius 1 is 1.45 bits per heavy atom. The van der Waals surface area contributed by atoms with Gasteiger partial charge in [-0.3, -0.25) is 9.59 Å². The second-order valence-corrected chi connectivity index (χ2v) is 7.31. The minimum absolute atomic E-state index is 0.0601. The second-order valence-electron chi connectivity index (χ2n) is 7.31. The number of rotatable bonds is 7. The molecule has 3 rings (SSSR count). The van der Waals surface area contributed by atoms with Crippen LogP contribution in [0.2, 0.25) is 0 Å². The molecule has 1 atom stereocenters. The molecule has 1 aromatic heterocycles. The molecule has 162 valence electrons. The molecule has 1 fully saturated rings. The van der Waals surface area contributed by atoms with E-state index in [4.69, 9.17) is 10.5 Å². The van der Waals surface area contributed by atoms with E-state index in [9.17, 15) is 14.7 Å². The summed E-state index contributed by atoms with van der Waals surface area (Å²) in [6, 6.07) is 7.17. The number of hydrogen-bond acceptors (Lipinski definition) is 7. The van der Waals surface area contributed by atoms with Crippen molar-refractivity contribution in [3.05, 3.63) is 41.7 Å². The maximum atomic E-state index is 12.0. The lowest BCUT2D eigenvalue weighted by atomic mass is 9.98. The Bertz CT molecular complexity index is 1050. The van der Waals surface area contributed by atoms with Gasteiger partial charge in [0, 0.05) is 51.2 Å². The number of amides is 2. The lowest BCUT2D eigenvalue weighted by molar-refractivity contribution is -0.141. The summed E-state index contributed by atoms with van der Waals surface area (Å²) in [5, 5.41) is 13.5. The van der Waals surface area contributed by atoms with Gasteiger partial charge in [0.25, 0.3) is 11.8 Å². The number of anilines is 1. The number of nitrogens with one attached hydrogen (secondary N) is 1. The zero-order valence-electron chi connectivity index (χ0n) is 17.5. The molecule has 4 N–H and O–H groups in total. The average Bonchev–Trinajstić information content (AvgIpc) is 3.02. The molecule has 31 heavy (non-hydrogen) atoms. The van der Waals surface area contributed by atoms with Crippen LogP contribution in [-0.4, -0.2) is 71.2 Å². The predicted molar refractivity (Wildman–Crippen MR) is 115 cm³/mol. The number of likely N-dealkylation sites (tertiary alicyclic amines) is 1. The first-order valence-corrected chi connectivity index (χ1v) is 9.81. The highest BCUT2D eigenvalue weighted by Crippen LogP contribution is 2.25. The van der Waals surface area contributed by atoms with Crippen LogP contribution in [0.3, 0.4) is 0 Å². The quantitative estimate of drug-likeness (QED) is 0.440. The molecule has 0 spiro atoms. The van der Waals surface area contributed by atoms with Crippen molar-refractivity contribution in [1.82, 2.24) is 14.9 Å². The first-order valence-electron chi connectivity index (χ1n) is 9.81. The summed E-state index contributed by atoms with van der Waals surface area (Å²) in [6.45, 7) is 1.45. The molecular weight excluding hydrogens is 398 g/mol. The van der Waals surface area contributed by atoms with E-state index in [1.54, 1.807) is 38.4 Å². The normalized spacial score (nSPS) is 17.9. The van der Waals surface area contributed by atoms with Gasteiger partial charge < -0.3 is 25.8 Å². The SMILES string of the molecule is COCCNc1cnc(-c2cccc(C#CC[C@]3(O)CCN(C)C3=O)c2)nc1C(N)=O. The standard InChI is InChI=1S/C22H25N5O4/c1-27-11-9-22(30,21(27)29)8-4-6-15-5-3-7-16(13-15)20-25-14-17(24-10-12-31-2)18(26-20)19(23)28/h3,5,7,13-14,24,30H,8-12H2,1-2H3,(H2,23,28)/t22-/m0/s1. The van der Waals surface area contributed by atoms with Crippen molar-refractivity contribution < 1.29 is 19.4 Å². The van der Waals surface area contributed by atoms with Gasteiger partial charge in [0.2, 0.25) is 0 Å². The molecule has 2 aromatic rings. The van der Waals surface area contributed by atoms with E-state index in [1.165, 1.54) is 11.1 Å². The number of carbonyl (C=O) groups is 2. The third kappa shape index (κ3) is 5.17. The smallest absolute Gasteiger partial charge is 0.269 e. The van der Waals surface area contributed by atoms with Crippen LogP contribution in [0.5, 0.6) is 0 Å². The number of nitrogens with two attached hydrogens (primary N) is 1. The Morgan fingerprint density at radius 2 is 2.26 bits per heavy atom.